The summed E-state index contributed by atoms with van der Waals surface area (Å²) in [4.78, 5) is 0. The molecule has 0 heterocycles. The fourth-order valence-electron chi connectivity index (χ4n) is 2.70. The molecular formula is C19H45N3O. The highest BCUT2D eigenvalue weighted by molar-refractivity contribution is 4.81. The van der Waals surface area contributed by atoms with Gasteiger partial charge in [0.15, 0.2) is 0 Å². The number of ether oxygens (including phenoxy) is 1. The van der Waals surface area contributed by atoms with Crippen molar-refractivity contribution in [1.82, 2.24) is 0 Å². The number of rotatable bonds is 4. The number of nitrogens with two attached hydrogens (primary N) is 3. The third-order valence-corrected chi connectivity index (χ3v) is 4.17. The Bertz CT molecular complexity index is 231. The highest BCUT2D eigenvalue weighted by atomic mass is 16.5. The molecule has 0 aromatic heterocycles. The Morgan fingerprint density at radius 3 is 1.65 bits per heavy atom. The molecular weight excluding hydrogens is 286 g/mol. The van der Waals surface area contributed by atoms with Crippen LogP contribution in [0.15, 0.2) is 0 Å². The number of hydrogen-bond acceptors (Lipinski definition) is 4. The van der Waals surface area contributed by atoms with Gasteiger partial charge in [0.1, 0.15) is 0 Å². The fraction of sp³-hybridized carbons (Fsp3) is 1.00. The summed E-state index contributed by atoms with van der Waals surface area (Å²) in [6, 6.07) is 1.07. The summed E-state index contributed by atoms with van der Waals surface area (Å²) in [7, 11) is 1.64. The van der Waals surface area contributed by atoms with Crippen molar-refractivity contribution in [2.24, 2.45) is 28.5 Å². The fourth-order valence-corrected chi connectivity index (χ4v) is 2.70. The van der Waals surface area contributed by atoms with Crippen LogP contribution in [0.3, 0.4) is 0 Å². The second-order valence-corrected chi connectivity index (χ2v) is 8.18. The van der Waals surface area contributed by atoms with Crippen molar-refractivity contribution in [3.8, 4) is 0 Å². The van der Waals surface area contributed by atoms with Gasteiger partial charge in [-0.15, -0.1) is 0 Å². The lowest BCUT2D eigenvalue weighted by molar-refractivity contribution is 0.170. The van der Waals surface area contributed by atoms with E-state index in [0.717, 1.165) is 12.3 Å². The molecule has 0 aliphatic heterocycles. The Labute approximate surface area is 145 Å². The zero-order valence-electron chi connectivity index (χ0n) is 16.9. The summed E-state index contributed by atoms with van der Waals surface area (Å²) >= 11 is 0. The van der Waals surface area contributed by atoms with E-state index >= 15 is 0 Å². The van der Waals surface area contributed by atoms with Crippen molar-refractivity contribution < 1.29 is 4.74 Å². The van der Waals surface area contributed by atoms with Crippen LogP contribution in [0.4, 0.5) is 0 Å². The average molecular weight is 332 g/mol. The lowest BCUT2D eigenvalue weighted by Gasteiger charge is -2.35. The van der Waals surface area contributed by atoms with Crippen LogP contribution < -0.4 is 17.2 Å². The van der Waals surface area contributed by atoms with Crippen molar-refractivity contribution in [3.05, 3.63) is 0 Å². The van der Waals surface area contributed by atoms with E-state index in [1.54, 1.807) is 7.11 Å². The molecule has 23 heavy (non-hydrogen) atoms. The molecule has 0 bridgehead atoms. The zero-order chi connectivity index (χ0) is 18.5. The quantitative estimate of drug-likeness (QED) is 0.733. The van der Waals surface area contributed by atoms with Gasteiger partial charge in [0.25, 0.3) is 0 Å². The molecule has 2 unspecified atom stereocenters. The molecule has 4 nitrogen and oxygen atoms in total. The molecule has 1 aliphatic carbocycles. The minimum atomic E-state index is 0.176. The summed E-state index contributed by atoms with van der Waals surface area (Å²) < 4.78 is 4.68. The van der Waals surface area contributed by atoms with E-state index in [4.69, 9.17) is 17.2 Å². The second kappa shape index (κ2) is 14.2. The normalized spacial score (nSPS) is 23.7. The standard InChI is InChI=1S/C10H21N.C5H13N.C4H11NO/c1-10(2,3)8-4-6-9(11)7-5-8;1-3-4-5(2)6;1-4(5)3-6-2/h8-9H,4-7,11H2,1-3H3;5H,3-4,6H2,1-2H3;4H,3,5H2,1-2H3. The molecule has 1 aliphatic rings. The Hall–Kier alpha value is -0.160. The largest absolute Gasteiger partial charge is 0.383 e. The third kappa shape index (κ3) is 18.0. The lowest BCUT2D eigenvalue weighted by atomic mass is 9.71. The van der Waals surface area contributed by atoms with Gasteiger partial charge in [-0.05, 0) is 57.3 Å². The Morgan fingerprint density at radius 1 is 1.00 bits per heavy atom. The summed E-state index contributed by atoms with van der Waals surface area (Å²) in [5.74, 6) is 0.905. The predicted molar refractivity (Wildman–Crippen MR) is 103 cm³/mol. The maximum atomic E-state index is 5.84. The first-order valence-corrected chi connectivity index (χ1v) is 9.30. The third-order valence-electron chi connectivity index (χ3n) is 4.17. The van der Waals surface area contributed by atoms with E-state index in [0.29, 0.717) is 24.1 Å². The topological polar surface area (TPSA) is 87.3 Å². The first-order valence-electron chi connectivity index (χ1n) is 9.30. The predicted octanol–water partition coefficient (Wildman–Crippen LogP) is 3.66. The van der Waals surface area contributed by atoms with Crippen LogP contribution in [0.5, 0.6) is 0 Å². The molecule has 2 atom stereocenters. The Balaban J connectivity index is 0. The SMILES string of the molecule is CC(C)(C)C1CCC(N)CC1.CCCC(C)N.COCC(C)N. The van der Waals surface area contributed by atoms with Gasteiger partial charge in [0.05, 0.1) is 6.61 Å². The van der Waals surface area contributed by atoms with Crippen LogP contribution in [0.25, 0.3) is 0 Å². The van der Waals surface area contributed by atoms with Crippen LogP contribution in [-0.2, 0) is 4.74 Å². The van der Waals surface area contributed by atoms with Gasteiger partial charge >= 0.3 is 0 Å². The van der Waals surface area contributed by atoms with E-state index in [-0.39, 0.29) is 6.04 Å². The number of methoxy groups -OCH3 is 1. The first-order chi connectivity index (χ1) is 10.5. The molecule has 0 aromatic carbocycles. The molecule has 0 amide bonds. The summed E-state index contributed by atoms with van der Waals surface area (Å²) in [5.41, 5.74) is 17.0. The van der Waals surface area contributed by atoms with E-state index in [2.05, 4.69) is 32.4 Å². The Kier molecular flexibility index (Phi) is 15.5. The number of hydrogen-bond donors (Lipinski definition) is 3. The van der Waals surface area contributed by atoms with Crippen molar-refractivity contribution in [3.63, 3.8) is 0 Å². The van der Waals surface area contributed by atoms with Crippen molar-refractivity contribution in [2.45, 2.75) is 98.2 Å². The van der Waals surface area contributed by atoms with Gasteiger partial charge < -0.3 is 21.9 Å². The monoisotopic (exact) mass is 331 g/mol. The second-order valence-electron chi connectivity index (χ2n) is 8.18. The molecule has 1 fully saturated rings. The van der Waals surface area contributed by atoms with Gasteiger partial charge in [0.2, 0.25) is 0 Å². The highest BCUT2D eigenvalue weighted by Crippen LogP contribution is 2.37. The van der Waals surface area contributed by atoms with E-state index in [1.807, 2.05) is 13.8 Å². The zero-order valence-corrected chi connectivity index (χ0v) is 16.9. The average Bonchev–Trinajstić information content (AvgIpc) is 2.39. The van der Waals surface area contributed by atoms with Crippen LogP contribution in [0, 0.1) is 11.3 Å². The maximum absolute atomic E-state index is 5.84. The van der Waals surface area contributed by atoms with Gasteiger partial charge in [-0.3, -0.25) is 0 Å². The summed E-state index contributed by atoms with van der Waals surface area (Å²) in [5, 5.41) is 0. The molecule has 0 saturated heterocycles. The minimum absolute atomic E-state index is 0.176. The van der Waals surface area contributed by atoms with Crippen LogP contribution in [0.2, 0.25) is 0 Å². The van der Waals surface area contributed by atoms with Gasteiger partial charge in [-0.1, -0.05) is 34.1 Å². The van der Waals surface area contributed by atoms with Crippen LogP contribution in [-0.4, -0.2) is 31.8 Å². The molecule has 6 N–H and O–H groups in total. The van der Waals surface area contributed by atoms with E-state index in [9.17, 15) is 0 Å². The maximum Gasteiger partial charge on any atom is 0.0611 e. The molecule has 0 radical (unpaired) electrons. The summed E-state index contributed by atoms with van der Waals surface area (Å²) in [6.45, 7) is 13.8. The Morgan fingerprint density at radius 2 is 1.48 bits per heavy atom. The van der Waals surface area contributed by atoms with Crippen molar-refractivity contribution in [1.29, 1.82) is 0 Å². The van der Waals surface area contributed by atoms with Gasteiger partial charge in [-0.2, -0.15) is 0 Å². The van der Waals surface area contributed by atoms with Crippen LogP contribution >= 0.6 is 0 Å². The van der Waals surface area contributed by atoms with E-state index in [1.165, 1.54) is 32.1 Å². The molecule has 0 aromatic rings. The first kappa shape index (κ1) is 25.1. The van der Waals surface area contributed by atoms with Crippen LogP contribution in [0.1, 0.15) is 80.1 Å². The van der Waals surface area contributed by atoms with E-state index < -0.39 is 0 Å². The summed E-state index contributed by atoms with van der Waals surface area (Å²) in [6.07, 6.45) is 7.51. The van der Waals surface area contributed by atoms with Gasteiger partial charge in [0, 0.05) is 25.2 Å². The minimum Gasteiger partial charge on any atom is -0.383 e. The smallest absolute Gasteiger partial charge is 0.0611 e. The highest BCUT2D eigenvalue weighted by Gasteiger charge is 2.28. The molecule has 142 valence electrons. The lowest BCUT2D eigenvalue weighted by Crippen LogP contribution is -2.31. The van der Waals surface area contributed by atoms with Gasteiger partial charge in [-0.25, -0.2) is 0 Å². The van der Waals surface area contributed by atoms with Crippen molar-refractivity contribution in [2.75, 3.05) is 13.7 Å². The molecule has 1 saturated carbocycles. The van der Waals surface area contributed by atoms with Crippen molar-refractivity contribution >= 4 is 0 Å². The molecule has 1 rings (SSSR count). The molecule has 0 spiro atoms. The molecule has 4 heteroatoms.